The van der Waals surface area contributed by atoms with Crippen LogP contribution in [0.2, 0.25) is 5.02 Å². The predicted octanol–water partition coefficient (Wildman–Crippen LogP) is 2.40. The van der Waals surface area contributed by atoms with Crippen LogP contribution in [0.5, 0.6) is 0 Å². The number of rotatable bonds is 5. The molecular weight excluding hydrogens is 288 g/mol. The number of nitrogens with one attached hydrogen (secondary N) is 2. The standard InChI is InChI=1S/C16H21ClN2O2/c1-2-18-14(20)11-19-15(21)16(9-3-4-10-16)12-5-7-13(17)8-6-12/h5-8H,2-4,9-11H2,1H3,(H,18,20)(H,19,21). The highest BCUT2D eigenvalue weighted by Gasteiger charge is 2.42. The molecule has 1 aromatic rings. The van der Waals surface area contributed by atoms with E-state index in [4.69, 9.17) is 11.6 Å². The van der Waals surface area contributed by atoms with E-state index in [1.54, 1.807) is 0 Å². The van der Waals surface area contributed by atoms with Gasteiger partial charge >= 0.3 is 0 Å². The Labute approximate surface area is 130 Å². The molecular formula is C16H21ClN2O2. The second-order valence-corrected chi connectivity index (χ2v) is 5.87. The van der Waals surface area contributed by atoms with Crippen LogP contribution in [0.3, 0.4) is 0 Å². The first-order valence-electron chi connectivity index (χ1n) is 7.39. The van der Waals surface area contributed by atoms with Gasteiger partial charge in [0.1, 0.15) is 0 Å². The molecule has 1 saturated carbocycles. The maximum Gasteiger partial charge on any atom is 0.239 e. The van der Waals surface area contributed by atoms with Crippen LogP contribution >= 0.6 is 11.6 Å². The number of carbonyl (C=O) groups excluding carboxylic acids is 2. The van der Waals surface area contributed by atoms with Crippen LogP contribution in [0.25, 0.3) is 0 Å². The number of carbonyl (C=O) groups is 2. The normalized spacial score (nSPS) is 16.5. The number of hydrogen-bond acceptors (Lipinski definition) is 2. The Morgan fingerprint density at radius 3 is 2.33 bits per heavy atom. The third kappa shape index (κ3) is 3.56. The van der Waals surface area contributed by atoms with Gasteiger partial charge in [0.2, 0.25) is 11.8 Å². The van der Waals surface area contributed by atoms with Crippen LogP contribution in [0.1, 0.15) is 38.2 Å². The highest BCUT2D eigenvalue weighted by Crippen LogP contribution is 2.41. The number of hydrogen-bond donors (Lipinski definition) is 2. The van der Waals surface area contributed by atoms with Gasteiger partial charge in [-0.1, -0.05) is 36.6 Å². The van der Waals surface area contributed by atoms with Gasteiger partial charge in [0.25, 0.3) is 0 Å². The molecule has 2 N–H and O–H groups in total. The van der Waals surface area contributed by atoms with Crippen molar-refractivity contribution < 1.29 is 9.59 Å². The predicted molar refractivity (Wildman–Crippen MR) is 83.3 cm³/mol. The minimum atomic E-state index is -0.517. The minimum Gasteiger partial charge on any atom is -0.355 e. The van der Waals surface area contributed by atoms with Gasteiger partial charge in [-0.2, -0.15) is 0 Å². The Morgan fingerprint density at radius 1 is 1.14 bits per heavy atom. The van der Waals surface area contributed by atoms with E-state index in [0.717, 1.165) is 31.2 Å². The van der Waals surface area contributed by atoms with E-state index in [0.29, 0.717) is 11.6 Å². The Bertz CT molecular complexity index is 508. The van der Waals surface area contributed by atoms with E-state index in [-0.39, 0.29) is 18.4 Å². The molecule has 0 aromatic heterocycles. The maximum atomic E-state index is 12.6. The lowest BCUT2D eigenvalue weighted by atomic mass is 9.78. The second-order valence-electron chi connectivity index (χ2n) is 5.43. The largest absolute Gasteiger partial charge is 0.355 e. The van der Waals surface area contributed by atoms with Gasteiger partial charge in [-0.3, -0.25) is 9.59 Å². The summed E-state index contributed by atoms with van der Waals surface area (Å²) >= 11 is 5.93. The summed E-state index contributed by atoms with van der Waals surface area (Å²) < 4.78 is 0. The van der Waals surface area contributed by atoms with Gasteiger partial charge in [0.05, 0.1) is 12.0 Å². The molecule has 0 heterocycles. The molecule has 114 valence electrons. The monoisotopic (exact) mass is 308 g/mol. The summed E-state index contributed by atoms with van der Waals surface area (Å²) in [7, 11) is 0. The van der Waals surface area contributed by atoms with Gasteiger partial charge in [-0.25, -0.2) is 0 Å². The number of amides is 2. The fourth-order valence-corrected chi connectivity index (χ4v) is 3.11. The number of halogens is 1. The summed E-state index contributed by atoms with van der Waals surface area (Å²) in [6.07, 6.45) is 3.68. The highest BCUT2D eigenvalue weighted by atomic mass is 35.5. The first-order chi connectivity index (χ1) is 10.1. The molecule has 0 radical (unpaired) electrons. The van der Waals surface area contributed by atoms with E-state index in [2.05, 4.69) is 10.6 Å². The quantitative estimate of drug-likeness (QED) is 0.877. The van der Waals surface area contributed by atoms with Crippen molar-refractivity contribution in [1.29, 1.82) is 0 Å². The molecule has 0 bridgehead atoms. The smallest absolute Gasteiger partial charge is 0.239 e. The third-order valence-electron chi connectivity index (χ3n) is 4.07. The van der Waals surface area contributed by atoms with Gasteiger partial charge < -0.3 is 10.6 Å². The van der Waals surface area contributed by atoms with Crippen molar-refractivity contribution in [2.24, 2.45) is 0 Å². The number of benzene rings is 1. The Morgan fingerprint density at radius 2 is 1.76 bits per heavy atom. The van der Waals surface area contributed by atoms with Crippen molar-refractivity contribution in [2.45, 2.75) is 38.0 Å². The molecule has 2 rings (SSSR count). The van der Waals surface area contributed by atoms with Gasteiger partial charge in [0.15, 0.2) is 0 Å². The first kappa shape index (κ1) is 15.8. The molecule has 1 aliphatic carbocycles. The lowest BCUT2D eigenvalue weighted by molar-refractivity contribution is -0.129. The molecule has 0 atom stereocenters. The summed E-state index contributed by atoms with van der Waals surface area (Å²) in [5.74, 6) is -0.219. The van der Waals surface area contributed by atoms with Crippen LogP contribution in [-0.2, 0) is 15.0 Å². The summed E-state index contributed by atoms with van der Waals surface area (Å²) in [4.78, 5) is 24.1. The Balaban J connectivity index is 2.12. The molecule has 1 fully saturated rings. The molecule has 21 heavy (non-hydrogen) atoms. The molecule has 1 aromatic carbocycles. The molecule has 4 nitrogen and oxygen atoms in total. The van der Waals surface area contributed by atoms with Gasteiger partial charge in [-0.05, 0) is 37.5 Å². The van der Waals surface area contributed by atoms with E-state index in [1.165, 1.54) is 0 Å². The van der Waals surface area contributed by atoms with E-state index in [1.807, 2.05) is 31.2 Å². The number of likely N-dealkylation sites (N-methyl/N-ethyl adjacent to an activating group) is 1. The zero-order valence-corrected chi connectivity index (χ0v) is 13.0. The van der Waals surface area contributed by atoms with Crippen molar-refractivity contribution in [2.75, 3.05) is 13.1 Å². The van der Waals surface area contributed by atoms with Crippen LogP contribution < -0.4 is 10.6 Å². The van der Waals surface area contributed by atoms with Crippen LogP contribution in [0.4, 0.5) is 0 Å². The molecule has 2 amide bonds. The molecule has 0 spiro atoms. The SMILES string of the molecule is CCNC(=O)CNC(=O)C1(c2ccc(Cl)cc2)CCCC1. The van der Waals surface area contributed by atoms with Crippen LogP contribution in [0.15, 0.2) is 24.3 Å². The van der Waals surface area contributed by atoms with Crippen molar-refractivity contribution in [3.8, 4) is 0 Å². The average Bonchev–Trinajstić information content (AvgIpc) is 2.96. The molecule has 0 unspecified atom stereocenters. The maximum absolute atomic E-state index is 12.6. The van der Waals surface area contributed by atoms with Crippen molar-refractivity contribution >= 4 is 23.4 Å². The Hall–Kier alpha value is -1.55. The molecule has 1 aliphatic rings. The van der Waals surface area contributed by atoms with E-state index >= 15 is 0 Å². The molecule has 5 heteroatoms. The third-order valence-corrected chi connectivity index (χ3v) is 4.32. The fraction of sp³-hybridized carbons (Fsp3) is 0.500. The van der Waals surface area contributed by atoms with E-state index in [9.17, 15) is 9.59 Å². The summed E-state index contributed by atoms with van der Waals surface area (Å²) in [6, 6.07) is 7.46. The average molecular weight is 309 g/mol. The Kier molecular flexibility index (Phi) is 5.23. The minimum absolute atomic E-state index is 0.0298. The summed E-state index contributed by atoms with van der Waals surface area (Å²) in [6.45, 7) is 2.45. The topological polar surface area (TPSA) is 58.2 Å². The zero-order valence-electron chi connectivity index (χ0n) is 12.2. The second kappa shape index (κ2) is 6.94. The zero-order chi connectivity index (χ0) is 15.3. The molecule has 0 aliphatic heterocycles. The van der Waals surface area contributed by atoms with Gasteiger partial charge in [0, 0.05) is 11.6 Å². The summed E-state index contributed by atoms with van der Waals surface area (Å²) in [5.41, 5.74) is 0.467. The lowest BCUT2D eigenvalue weighted by Crippen LogP contribution is -2.46. The van der Waals surface area contributed by atoms with Crippen molar-refractivity contribution in [1.82, 2.24) is 10.6 Å². The highest BCUT2D eigenvalue weighted by molar-refractivity contribution is 6.30. The van der Waals surface area contributed by atoms with Crippen LogP contribution in [-0.4, -0.2) is 24.9 Å². The first-order valence-corrected chi connectivity index (χ1v) is 7.77. The van der Waals surface area contributed by atoms with Crippen molar-refractivity contribution in [3.05, 3.63) is 34.9 Å². The van der Waals surface area contributed by atoms with Crippen LogP contribution in [0, 0.1) is 0 Å². The van der Waals surface area contributed by atoms with Crippen molar-refractivity contribution in [3.63, 3.8) is 0 Å². The lowest BCUT2D eigenvalue weighted by Gasteiger charge is -2.28. The molecule has 0 saturated heterocycles. The van der Waals surface area contributed by atoms with E-state index < -0.39 is 5.41 Å². The van der Waals surface area contributed by atoms with Gasteiger partial charge in [-0.15, -0.1) is 0 Å². The fourth-order valence-electron chi connectivity index (χ4n) is 2.98. The summed E-state index contributed by atoms with van der Waals surface area (Å²) in [5, 5.41) is 6.12.